The van der Waals surface area contributed by atoms with E-state index in [1.165, 1.54) is 0 Å². The number of carboxylic acid groups (broad SMARTS) is 1. The second-order valence-electron chi connectivity index (χ2n) is 9.25. The van der Waals surface area contributed by atoms with Crippen LogP contribution in [0.3, 0.4) is 0 Å². The van der Waals surface area contributed by atoms with E-state index in [4.69, 9.17) is 13.9 Å². The van der Waals surface area contributed by atoms with Gasteiger partial charge in [0.05, 0.1) is 25.5 Å². The summed E-state index contributed by atoms with van der Waals surface area (Å²) in [6, 6.07) is 8.63. The largest absolute Gasteiger partial charge is 0.502 e. The van der Waals surface area contributed by atoms with Gasteiger partial charge in [0.25, 0.3) is 0 Å². The summed E-state index contributed by atoms with van der Waals surface area (Å²) in [7, 11) is 1.56. The fourth-order valence-corrected chi connectivity index (χ4v) is 5.07. The Morgan fingerprint density at radius 2 is 1.91 bits per heavy atom. The molecule has 7 heteroatoms. The number of phenols is 1. The van der Waals surface area contributed by atoms with Gasteiger partial charge >= 0.3 is 5.97 Å². The Hall–Kier alpha value is -3.48. The van der Waals surface area contributed by atoms with Crippen molar-refractivity contribution in [1.82, 2.24) is 0 Å². The number of methoxy groups -OCH3 is 1. The molecule has 2 N–H and O–H groups in total. The minimum absolute atomic E-state index is 0.100. The number of rotatable bonds is 4. The molecule has 1 spiro atoms. The highest BCUT2D eigenvalue weighted by Crippen LogP contribution is 2.51. The van der Waals surface area contributed by atoms with Gasteiger partial charge < -0.3 is 24.1 Å². The normalized spacial score (nSPS) is 22.2. The summed E-state index contributed by atoms with van der Waals surface area (Å²) in [5.74, 6) is 0.326. The molecule has 3 aromatic rings. The fraction of sp³-hybridized carbons (Fsp3) is 0.385. The number of hydrogen-bond acceptors (Lipinski definition) is 6. The Morgan fingerprint density at radius 3 is 2.55 bits per heavy atom. The van der Waals surface area contributed by atoms with Crippen molar-refractivity contribution in [3.05, 3.63) is 41.5 Å². The quantitative estimate of drug-likeness (QED) is 0.551. The zero-order valence-corrected chi connectivity index (χ0v) is 18.6. The summed E-state index contributed by atoms with van der Waals surface area (Å²) >= 11 is 0. The van der Waals surface area contributed by atoms with Crippen molar-refractivity contribution < 1.29 is 33.7 Å². The predicted octanol–water partition coefficient (Wildman–Crippen LogP) is 5.36. The van der Waals surface area contributed by atoms with E-state index in [0.29, 0.717) is 33.9 Å². The highest BCUT2D eigenvalue weighted by atomic mass is 16.5. The maximum atomic E-state index is 13.2. The maximum absolute atomic E-state index is 13.2. The number of carbonyl (C=O) groups excluding carboxylic acids is 1. The highest BCUT2D eigenvalue weighted by molar-refractivity contribution is 6.07. The molecule has 2 aliphatic rings. The molecule has 0 atom stereocenters. The van der Waals surface area contributed by atoms with Gasteiger partial charge in [0, 0.05) is 16.5 Å². The summed E-state index contributed by atoms with van der Waals surface area (Å²) in [4.78, 5) is 24.8. The van der Waals surface area contributed by atoms with Crippen molar-refractivity contribution >= 4 is 22.7 Å². The lowest BCUT2D eigenvalue weighted by atomic mass is 9.75. The smallest absolute Gasteiger partial charge is 0.307 e. The van der Waals surface area contributed by atoms with Crippen LogP contribution in [0.1, 0.15) is 54.9 Å². The van der Waals surface area contributed by atoms with Gasteiger partial charge in [-0.3, -0.25) is 9.59 Å². The van der Waals surface area contributed by atoms with E-state index in [-0.39, 0.29) is 41.3 Å². The van der Waals surface area contributed by atoms with E-state index in [9.17, 15) is 19.8 Å². The molecular weight excluding hydrogens is 424 g/mol. The van der Waals surface area contributed by atoms with Gasteiger partial charge in [-0.05, 0) is 61.9 Å². The monoisotopic (exact) mass is 450 g/mol. The molecule has 1 fully saturated rings. The number of phenolic OH excluding ortho intramolecular Hbond substituents is 1. The van der Waals surface area contributed by atoms with E-state index in [2.05, 4.69) is 6.92 Å². The molecule has 1 aromatic heterocycles. The number of ether oxygens (including phenoxy) is 2. The molecule has 2 heterocycles. The predicted molar refractivity (Wildman–Crippen MR) is 121 cm³/mol. The molecule has 33 heavy (non-hydrogen) atoms. The third-order valence-corrected chi connectivity index (χ3v) is 6.98. The first-order valence-corrected chi connectivity index (χ1v) is 11.2. The van der Waals surface area contributed by atoms with Gasteiger partial charge in [-0.2, -0.15) is 0 Å². The van der Waals surface area contributed by atoms with Gasteiger partial charge in [-0.1, -0.05) is 6.92 Å². The molecule has 5 rings (SSSR count). The van der Waals surface area contributed by atoms with Gasteiger partial charge in [-0.25, -0.2) is 0 Å². The minimum Gasteiger partial charge on any atom is -0.502 e. The fourth-order valence-electron chi connectivity index (χ4n) is 5.07. The first kappa shape index (κ1) is 21.4. The Labute approximate surface area is 190 Å². The lowest BCUT2D eigenvalue weighted by Gasteiger charge is -2.42. The molecular formula is C26H26O7. The number of carbonyl (C=O) groups is 2. The highest BCUT2D eigenvalue weighted by Gasteiger charge is 2.44. The van der Waals surface area contributed by atoms with Gasteiger partial charge in [-0.15, -0.1) is 0 Å². The number of ketones is 1. The van der Waals surface area contributed by atoms with Crippen LogP contribution in [0.25, 0.3) is 22.3 Å². The summed E-state index contributed by atoms with van der Waals surface area (Å²) < 4.78 is 17.6. The van der Waals surface area contributed by atoms with Crippen LogP contribution in [0.15, 0.2) is 34.7 Å². The molecule has 2 aromatic carbocycles. The third-order valence-electron chi connectivity index (χ3n) is 6.98. The maximum Gasteiger partial charge on any atom is 0.307 e. The summed E-state index contributed by atoms with van der Waals surface area (Å²) in [6.07, 6.45) is 3.40. The Kier molecular flexibility index (Phi) is 5.07. The van der Waals surface area contributed by atoms with Crippen LogP contribution in [0.2, 0.25) is 0 Å². The van der Waals surface area contributed by atoms with Crippen molar-refractivity contribution in [1.29, 1.82) is 0 Å². The van der Waals surface area contributed by atoms with Gasteiger partial charge in [0.1, 0.15) is 17.1 Å². The molecule has 1 aliphatic heterocycles. The van der Waals surface area contributed by atoms with Gasteiger partial charge in [0.15, 0.2) is 17.1 Å². The van der Waals surface area contributed by atoms with Crippen molar-refractivity contribution in [2.75, 3.05) is 7.11 Å². The van der Waals surface area contributed by atoms with E-state index >= 15 is 0 Å². The van der Waals surface area contributed by atoms with E-state index in [0.717, 1.165) is 25.7 Å². The molecule has 0 amide bonds. The average molecular weight is 450 g/mol. The first-order chi connectivity index (χ1) is 15.8. The van der Waals surface area contributed by atoms with E-state index in [1.807, 2.05) is 0 Å². The Balaban J connectivity index is 1.66. The molecule has 0 radical (unpaired) electrons. The number of fused-ring (bicyclic) bond motifs is 2. The number of aromatic hydroxyl groups is 1. The van der Waals surface area contributed by atoms with Crippen LogP contribution in [0.4, 0.5) is 0 Å². The molecule has 7 nitrogen and oxygen atoms in total. The SMILES string of the molecule is COc1ccc(-c2oc3c(O)c4c(cc3c2CC(=O)O)C(=O)CC2(CCC(C)CC2)O4)cc1. The van der Waals surface area contributed by atoms with Crippen LogP contribution < -0.4 is 9.47 Å². The topological polar surface area (TPSA) is 106 Å². The zero-order chi connectivity index (χ0) is 23.3. The molecule has 0 unspecified atom stereocenters. The lowest BCUT2D eigenvalue weighted by Crippen LogP contribution is -2.44. The molecule has 1 saturated carbocycles. The van der Waals surface area contributed by atoms with Crippen molar-refractivity contribution in [2.24, 2.45) is 5.92 Å². The standard InChI is InChI=1S/C26H26O7/c1-14-7-9-26(10-8-14)13-20(27)19-11-17-18(12-21(28)29)23(15-3-5-16(31-2)6-4-15)32-24(17)22(30)25(19)33-26/h3-6,11,14,30H,7-10,12-13H2,1-2H3,(H,28,29). The molecule has 1 aliphatic carbocycles. The van der Waals surface area contributed by atoms with Crippen LogP contribution >= 0.6 is 0 Å². The molecule has 172 valence electrons. The van der Waals surface area contributed by atoms with Crippen LogP contribution in [0.5, 0.6) is 17.2 Å². The van der Waals surface area contributed by atoms with Crippen LogP contribution in [-0.2, 0) is 11.2 Å². The zero-order valence-electron chi connectivity index (χ0n) is 18.6. The lowest BCUT2D eigenvalue weighted by molar-refractivity contribution is -0.136. The van der Waals surface area contributed by atoms with E-state index < -0.39 is 11.6 Å². The molecule has 0 bridgehead atoms. The Bertz CT molecular complexity index is 1240. The number of furan rings is 1. The number of carboxylic acids is 1. The summed E-state index contributed by atoms with van der Waals surface area (Å²) in [5, 5.41) is 21.1. The van der Waals surface area contributed by atoms with Crippen molar-refractivity contribution in [2.45, 2.75) is 51.0 Å². The molecule has 0 saturated heterocycles. The van der Waals surface area contributed by atoms with Gasteiger partial charge in [0.2, 0.25) is 5.75 Å². The van der Waals surface area contributed by atoms with Crippen LogP contribution in [0, 0.1) is 5.92 Å². The summed E-state index contributed by atoms with van der Waals surface area (Å²) in [6.45, 7) is 2.19. The number of benzene rings is 2. The Morgan fingerprint density at radius 1 is 1.21 bits per heavy atom. The number of Topliss-reactive ketones (excluding diaryl/α,β-unsaturated/α-hetero) is 1. The van der Waals surface area contributed by atoms with Crippen molar-refractivity contribution in [3.8, 4) is 28.6 Å². The summed E-state index contributed by atoms with van der Waals surface area (Å²) in [5.41, 5.74) is 0.852. The number of hydrogen-bond donors (Lipinski definition) is 2. The van der Waals surface area contributed by atoms with Crippen LogP contribution in [-0.4, -0.2) is 34.7 Å². The first-order valence-electron chi connectivity index (χ1n) is 11.2. The van der Waals surface area contributed by atoms with E-state index in [1.54, 1.807) is 37.4 Å². The number of aliphatic carboxylic acids is 1. The third kappa shape index (κ3) is 3.61. The average Bonchev–Trinajstić information content (AvgIpc) is 3.15. The second kappa shape index (κ2) is 7.83. The second-order valence-corrected chi connectivity index (χ2v) is 9.25. The minimum atomic E-state index is -1.04. The van der Waals surface area contributed by atoms with Crippen molar-refractivity contribution in [3.63, 3.8) is 0 Å².